The number of rotatable bonds is 2. The van der Waals surface area contributed by atoms with Gasteiger partial charge in [-0.25, -0.2) is 4.39 Å². The van der Waals surface area contributed by atoms with E-state index < -0.39 is 0 Å². The normalized spacial score (nSPS) is 18.7. The van der Waals surface area contributed by atoms with Crippen molar-refractivity contribution in [2.45, 2.75) is 19.4 Å². The molecule has 5 heteroatoms. The third-order valence-electron chi connectivity index (χ3n) is 3.42. The molecule has 0 saturated heterocycles. The highest BCUT2D eigenvalue weighted by molar-refractivity contribution is 5.55. The molecule has 0 amide bonds. The third kappa shape index (κ3) is 1.90. The number of fused-ring (bicyclic) bond motifs is 1. The minimum Gasteiger partial charge on any atom is -0.396 e. The molecular formula is C13H14FN3O. The summed E-state index contributed by atoms with van der Waals surface area (Å²) in [5.74, 6) is 1.71. The molecule has 18 heavy (non-hydrogen) atoms. The van der Waals surface area contributed by atoms with Crippen molar-refractivity contribution >= 4 is 0 Å². The summed E-state index contributed by atoms with van der Waals surface area (Å²) in [5.41, 5.74) is 0.873. The Hall–Kier alpha value is -1.75. The van der Waals surface area contributed by atoms with Crippen molar-refractivity contribution in [1.82, 2.24) is 14.8 Å². The molecule has 1 aliphatic rings. The van der Waals surface area contributed by atoms with Crippen LogP contribution in [-0.4, -0.2) is 26.5 Å². The molecule has 2 heterocycles. The van der Waals surface area contributed by atoms with E-state index >= 15 is 0 Å². The van der Waals surface area contributed by atoms with Gasteiger partial charge in [-0.3, -0.25) is 0 Å². The summed E-state index contributed by atoms with van der Waals surface area (Å²) in [5, 5.41) is 17.5. The van der Waals surface area contributed by atoms with Gasteiger partial charge in [-0.1, -0.05) is 0 Å². The van der Waals surface area contributed by atoms with Gasteiger partial charge in [0.25, 0.3) is 0 Å². The van der Waals surface area contributed by atoms with Gasteiger partial charge in [-0.2, -0.15) is 0 Å². The van der Waals surface area contributed by atoms with E-state index in [0.717, 1.165) is 36.6 Å². The second kappa shape index (κ2) is 4.49. The molecule has 1 aliphatic heterocycles. The number of hydrogen-bond acceptors (Lipinski definition) is 3. The fourth-order valence-electron chi connectivity index (χ4n) is 2.36. The van der Waals surface area contributed by atoms with E-state index in [4.69, 9.17) is 0 Å². The van der Waals surface area contributed by atoms with Gasteiger partial charge in [-0.05, 0) is 36.6 Å². The summed E-state index contributed by atoms with van der Waals surface area (Å²) in [6, 6.07) is 6.28. The maximum Gasteiger partial charge on any atom is 0.163 e. The average molecular weight is 247 g/mol. The molecule has 1 unspecified atom stereocenters. The largest absolute Gasteiger partial charge is 0.396 e. The Kier molecular flexibility index (Phi) is 2.83. The smallest absolute Gasteiger partial charge is 0.163 e. The van der Waals surface area contributed by atoms with Crippen LogP contribution in [0.2, 0.25) is 0 Å². The van der Waals surface area contributed by atoms with Crippen molar-refractivity contribution in [3.63, 3.8) is 0 Å². The molecule has 0 aliphatic carbocycles. The van der Waals surface area contributed by atoms with Gasteiger partial charge in [0.05, 0.1) is 0 Å². The minimum atomic E-state index is -0.252. The summed E-state index contributed by atoms with van der Waals surface area (Å²) >= 11 is 0. The first-order chi connectivity index (χ1) is 8.78. The van der Waals surface area contributed by atoms with E-state index in [1.165, 1.54) is 12.1 Å². The van der Waals surface area contributed by atoms with Gasteiger partial charge >= 0.3 is 0 Å². The zero-order valence-corrected chi connectivity index (χ0v) is 9.88. The maximum absolute atomic E-state index is 12.9. The van der Waals surface area contributed by atoms with Crippen molar-refractivity contribution in [2.75, 3.05) is 6.61 Å². The fourth-order valence-corrected chi connectivity index (χ4v) is 2.36. The number of halogens is 1. The van der Waals surface area contributed by atoms with E-state index in [2.05, 4.69) is 14.8 Å². The van der Waals surface area contributed by atoms with Crippen LogP contribution in [0.25, 0.3) is 11.4 Å². The van der Waals surface area contributed by atoms with Gasteiger partial charge < -0.3 is 9.67 Å². The topological polar surface area (TPSA) is 50.9 Å². The maximum atomic E-state index is 12.9. The predicted molar refractivity (Wildman–Crippen MR) is 64.3 cm³/mol. The van der Waals surface area contributed by atoms with Crippen molar-refractivity contribution < 1.29 is 9.50 Å². The van der Waals surface area contributed by atoms with Gasteiger partial charge in [-0.15, -0.1) is 10.2 Å². The van der Waals surface area contributed by atoms with E-state index in [9.17, 15) is 9.50 Å². The van der Waals surface area contributed by atoms with E-state index in [1.54, 1.807) is 12.1 Å². The number of aliphatic hydroxyl groups is 1. The van der Waals surface area contributed by atoms with E-state index in [0.29, 0.717) is 0 Å². The van der Waals surface area contributed by atoms with Crippen molar-refractivity contribution in [3.8, 4) is 11.4 Å². The summed E-state index contributed by atoms with van der Waals surface area (Å²) in [6.07, 6.45) is 1.68. The van der Waals surface area contributed by atoms with E-state index in [-0.39, 0.29) is 18.3 Å². The number of nitrogens with zero attached hydrogens (tertiary/aromatic N) is 3. The Morgan fingerprint density at radius 2 is 2.06 bits per heavy atom. The molecule has 4 nitrogen and oxygen atoms in total. The summed E-state index contributed by atoms with van der Waals surface area (Å²) in [4.78, 5) is 0. The standard InChI is InChI=1S/C13H14FN3O/c14-11-3-1-10(2-4-11)13-16-15-12-7-9(8-18)5-6-17(12)13/h1-4,9,18H,5-8H2. The Bertz CT molecular complexity index is 550. The average Bonchev–Trinajstić information content (AvgIpc) is 2.82. The van der Waals surface area contributed by atoms with Gasteiger partial charge in [0.1, 0.15) is 11.6 Å². The fraction of sp³-hybridized carbons (Fsp3) is 0.385. The lowest BCUT2D eigenvalue weighted by molar-refractivity contribution is 0.199. The number of hydrogen-bond donors (Lipinski definition) is 1. The predicted octanol–water partition coefficient (Wildman–Crippen LogP) is 1.64. The second-order valence-electron chi connectivity index (χ2n) is 4.64. The van der Waals surface area contributed by atoms with Crippen LogP contribution < -0.4 is 0 Å². The van der Waals surface area contributed by atoms with Crippen LogP contribution in [0.3, 0.4) is 0 Å². The zero-order chi connectivity index (χ0) is 12.5. The highest BCUT2D eigenvalue weighted by atomic mass is 19.1. The summed E-state index contributed by atoms with van der Waals surface area (Å²) < 4.78 is 14.9. The first-order valence-corrected chi connectivity index (χ1v) is 6.07. The molecule has 0 bridgehead atoms. The summed E-state index contributed by atoms with van der Waals surface area (Å²) in [6.45, 7) is 0.999. The van der Waals surface area contributed by atoms with Gasteiger partial charge in [0, 0.05) is 25.1 Å². The van der Waals surface area contributed by atoms with Crippen LogP contribution in [-0.2, 0) is 13.0 Å². The highest BCUT2D eigenvalue weighted by Gasteiger charge is 2.22. The Morgan fingerprint density at radius 3 is 2.78 bits per heavy atom. The lowest BCUT2D eigenvalue weighted by Gasteiger charge is -2.21. The van der Waals surface area contributed by atoms with Crippen LogP contribution in [0.1, 0.15) is 12.2 Å². The first kappa shape index (κ1) is 11.3. The molecule has 3 rings (SSSR count). The third-order valence-corrected chi connectivity index (χ3v) is 3.42. The first-order valence-electron chi connectivity index (χ1n) is 6.07. The zero-order valence-electron chi connectivity index (χ0n) is 9.88. The molecule has 1 atom stereocenters. The molecule has 2 aromatic rings. The van der Waals surface area contributed by atoms with Crippen LogP contribution in [0, 0.1) is 11.7 Å². The molecule has 94 valence electrons. The monoisotopic (exact) mass is 247 g/mol. The SMILES string of the molecule is OCC1CCn2c(nnc2-c2ccc(F)cc2)C1. The number of aromatic nitrogens is 3. The van der Waals surface area contributed by atoms with Crippen molar-refractivity contribution in [3.05, 3.63) is 35.9 Å². The highest BCUT2D eigenvalue weighted by Crippen LogP contribution is 2.25. The Labute approximate surface area is 104 Å². The van der Waals surface area contributed by atoms with Crippen LogP contribution in [0.4, 0.5) is 4.39 Å². The Balaban J connectivity index is 1.96. The van der Waals surface area contributed by atoms with Gasteiger partial charge in [0.15, 0.2) is 5.82 Å². The molecular weight excluding hydrogens is 233 g/mol. The number of benzene rings is 1. The molecule has 0 spiro atoms. The van der Waals surface area contributed by atoms with E-state index in [1.807, 2.05) is 0 Å². The molecule has 0 radical (unpaired) electrons. The van der Waals surface area contributed by atoms with Gasteiger partial charge in [0.2, 0.25) is 0 Å². The summed E-state index contributed by atoms with van der Waals surface area (Å²) in [7, 11) is 0. The molecule has 1 aromatic heterocycles. The molecule has 1 aromatic carbocycles. The Morgan fingerprint density at radius 1 is 1.28 bits per heavy atom. The second-order valence-corrected chi connectivity index (χ2v) is 4.64. The lowest BCUT2D eigenvalue weighted by Crippen LogP contribution is -2.22. The van der Waals surface area contributed by atoms with Crippen LogP contribution in [0.5, 0.6) is 0 Å². The molecule has 1 N–H and O–H groups in total. The minimum absolute atomic E-state index is 0.193. The van der Waals surface area contributed by atoms with Crippen LogP contribution >= 0.6 is 0 Å². The van der Waals surface area contributed by atoms with Crippen LogP contribution in [0.15, 0.2) is 24.3 Å². The lowest BCUT2D eigenvalue weighted by atomic mass is 9.99. The number of aliphatic hydroxyl groups excluding tert-OH is 1. The van der Waals surface area contributed by atoms with Crippen molar-refractivity contribution in [2.24, 2.45) is 5.92 Å². The molecule has 0 fully saturated rings. The quantitative estimate of drug-likeness (QED) is 0.877. The molecule has 0 saturated carbocycles. The van der Waals surface area contributed by atoms with Crippen molar-refractivity contribution in [1.29, 1.82) is 0 Å².